The van der Waals surface area contributed by atoms with Gasteiger partial charge in [-0.15, -0.1) is 0 Å². The van der Waals surface area contributed by atoms with E-state index in [-0.39, 0.29) is 0 Å². The second-order valence-electron chi connectivity index (χ2n) is 6.06. The number of Topliss-reactive ketones (excluding diaryl/α,β-unsaturated/α-hetero) is 1. The molecule has 5 heteroatoms. The molecule has 118 valence electrons. The van der Waals surface area contributed by atoms with E-state index in [2.05, 4.69) is 32.9 Å². The molecule has 1 fully saturated rings. The third-order valence-electron chi connectivity index (χ3n) is 4.38. The maximum Gasteiger partial charge on any atom is 0.131 e. The number of rotatable bonds is 5. The molecule has 0 aliphatic carbocycles. The van der Waals surface area contributed by atoms with Crippen LogP contribution >= 0.6 is 15.9 Å². The molecule has 21 heavy (non-hydrogen) atoms. The molecule has 0 radical (unpaired) electrons. The van der Waals surface area contributed by atoms with Crippen LogP contribution < -0.4 is 0 Å². The van der Waals surface area contributed by atoms with E-state index in [1.165, 1.54) is 25.0 Å². The number of nitrogens with zero attached hydrogens (tertiary/aromatic N) is 3. The van der Waals surface area contributed by atoms with Crippen LogP contribution in [0.4, 0.5) is 0 Å². The second kappa shape index (κ2) is 7.54. The van der Waals surface area contributed by atoms with E-state index in [1.54, 1.807) is 6.92 Å². The van der Waals surface area contributed by atoms with Gasteiger partial charge in [-0.1, -0.05) is 19.8 Å². The Morgan fingerprint density at radius 3 is 2.76 bits per heavy atom. The molecular formula is C16H26BrN3O. The number of hydrogen-bond donors (Lipinski definition) is 0. The summed E-state index contributed by atoms with van der Waals surface area (Å²) in [6.45, 7) is 5.79. The van der Waals surface area contributed by atoms with Crippen molar-refractivity contribution in [1.29, 1.82) is 0 Å². The van der Waals surface area contributed by atoms with Crippen molar-refractivity contribution in [2.45, 2.75) is 65.0 Å². The van der Waals surface area contributed by atoms with Gasteiger partial charge in [0.15, 0.2) is 0 Å². The van der Waals surface area contributed by atoms with Crippen LogP contribution in [0, 0.1) is 0 Å². The van der Waals surface area contributed by atoms with Gasteiger partial charge in [0.1, 0.15) is 5.78 Å². The van der Waals surface area contributed by atoms with Crippen molar-refractivity contribution in [3.8, 4) is 0 Å². The quantitative estimate of drug-likeness (QED) is 0.811. The Bertz CT molecular complexity index is 498. The van der Waals surface area contributed by atoms with E-state index in [4.69, 9.17) is 0 Å². The molecule has 4 nitrogen and oxygen atoms in total. The van der Waals surface area contributed by atoms with Crippen LogP contribution in [0.3, 0.4) is 0 Å². The Kier molecular flexibility index (Phi) is 5.99. The number of hydrogen-bond acceptors (Lipinski definition) is 3. The molecular weight excluding hydrogens is 330 g/mol. The lowest BCUT2D eigenvalue weighted by molar-refractivity contribution is -0.118. The normalized spacial score (nSPS) is 20.5. The predicted molar refractivity (Wildman–Crippen MR) is 88.3 cm³/mol. The van der Waals surface area contributed by atoms with E-state index in [0.29, 0.717) is 18.2 Å². The lowest BCUT2D eigenvalue weighted by atomic mass is 10.0. The summed E-state index contributed by atoms with van der Waals surface area (Å²) >= 11 is 3.70. The number of ketones is 1. The van der Waals surface area contributed by atoms with Gasteiger partial charge in [-0.25, -0.2) is 0 Å². The first-order chi connectivity index (χ1) is 10.0. The van der Waals surface area contributed by atoms with E-state index in [0.717, 1.165) is 36.1 Å². The summed E-state index contributed by atoms with van der Waals surface area (Å²) in [5.74, 6) is 0.296. The summed E-state index contributed by atoms with van der Waals surface area (Å²) in [5.41, 5.74) is 2.34. The Balaban J connectivity index is 2.17. The minimum atomic E-state index is 0.296. The average Bonchev–Trinajstić information content (AvgIpc) is 2.60. The number of carbonyl (C=O) groups excluding carboxylic acids is 1. The largest absolute Gasteiger partial charge is 0.300 e. The second-order valence-corrected chi connectivity index (χ2v) is 6.86. The maximum atomic E-state index is 11.6. The summed E-state index contributed by atoms with van der Waals surface area (Å²) in [4.78, 5) is 14.0. The van der Waals surface area contributed by atoms with Crippen LogP contribution in [-0.2, 0) is 24.8 Å². The van der Waals surface area contributed by atoms with Gasteiger partial charge in [0.25, 0.3) is 0 Å². The van der Waals surface area contributed by atoms with Crippen LogP contribution in [-0.4, -0.2) is 33.1 Å². The summed E-state index contributed by atoms with van der Waals surface area (Å²) in [6, 6.07) is 0.386. The lowest BCUT2D eigenvalue weighted by Gasteiger charge is -2.29. The molecule has 0 bridgehead atoms. The number of halogens is 1. The fourth-order valence-electron chi connectivity index (χ4n) is 3.19. The number of carbonyl (C=O) groups is 1. The van der Waals surface area contributed by atoms with Gasteiger partial charge in [0.2, 0.25) is 0 Å². The van der Waals surface area contributed by atoms with E-state index >= 15 is 0 Å². The smallest absolute Gasteiger partial charge is 0.131 e. The fourth-order valence-corrected chi connectivity index (χ4v) is 3.93. The molecule has 1 aromatic heterocycles. The average molecular weight is 356 g/mol. The Labute approximate surface area is 136 Å². The molecule has 2 rings (SSSR count). The van der Waals surface area contributed by atoms with Crippen molar-refractivity contribution in [2.24, 2.45) is 7.05 Å². The molecule has 0 N–H and O–H groups in total. The zero-order valence-corrected chi connectivity index (χ0v) is 14.9. The van der Waals surface area contributed by atoms with E-state index in [9.17, 15) is 4.79 Å². The zero-order valence-electron chi connectivity index (χ0n) is 13.4. The topological polar surface area (TPSA) is 38.1 Å². The first kappa shape index (κ1) is 16.7. The van der Waals surface area contributed by atoms with Crippen molar-refractivity contribution in [2.75, 3.05) is 6.54 Å². The number of aromatic nitrogens is 2. The Morgan fingerprint density at radius 2 is 2.14 bits per heavy atom. The molecule has 0 saturated carbocycles. The summed E-state index contributed by atoms with van der Waals surface area (Å²) < 4.78 is 3.12. The Hall–Kier alpha value is -0.680. The number of likely N-dealkylation sites (tertiary alicyclic amines) is 1. The zero-order chi connectivity index (χ0) is 15.4. The maximum absolute atomic E-state index is 11.6. The first-order valence-corrected chi connectivity index (χ1v) is 8.76. The third kappa shape index (κ3) is 4.16. The minimum absolute atomic E-state index is 0.296. The van der Waals surface area contributed by atoms with Gasteiger partial charge in [0.05, 0.1) is 15.9 Å². The third-order valence-corrected chi connectivity index (χ3v) is 5.29. The molecule has 1 saturated heterocycles. The SMILES string of the molecule is CCc1nn(C)c(CN2CCCCCC2CC(C)=O)c1Br. The Morgan fingerprint density at radius 1 is 1.38 bits per heavy atom. The summed E-state index contributed by atoms with van der Waals surface area (Å²) in [5, 5.41) is 4.58. The van der Waals surface area contributed by atoms with E-state index in [1.807, 2.05) is 11.7 Å². The van der Waals surface area contributed by atoms with Gasteiger partial charge in [-0.05, 0) is 48.7 Å². The molecule has 1 atom stereocenters. The summed E-state index contributed by atoms with van der Waals surface area (Å²) in [7, 11) is 2.01. The molecule has 0 spiro atoms. The highest BCUT2D eigenvalue weighted by Crippen LogP contribution is 2.27. The fraction of sp³-hybridized carbons (Fsp3) is 0.750. The van der Waals surface area contributed by atoms with Gasteiger partial charge in [0, 0.05) is 26.1 Å². The van der Waals surface area contributed by atoms with Crippen LogP contribution in [0.25, 0.3) is 0 Å². The molecule has 1 unspecified atom stereocenters. The van der Waals surface area contributed by atoms with Crippen molar-refractivity contribution in [3.05, 3.63) is 15.9 Å². The first-order valence-electron chi connectivity index (χ1n) is 7.96. The van der Waals surface area contributed by atoms with Crippen LogP contribution in [0.2, 0.25) is 0 Å². The monoisotopic (exact) mass is 355 g/mol. The van der Waals surface area contributed by atoms with Gasteiger partial charge in [-0.2, -0.15) is 5.10 Å². The predicted octanol–water partition coefficient (Wildman–Crippen LogP) is 3.47. The van der Waals surface area contributed by atoms with Gasteiger partial charge in [-0.3, -0.25) is 14.4 Å². The molecule has 0 aromatic carbocycles. The minimum Gasteiger partial charge on any atom is -0.300 e. The van der Waals surface area contributed by atoms with Crippen molar-refractivity contribution < 1.29 is 4.79 Å². The molecule has 1 aromatic rings. The standard InChI is InChI=1S/C16H26BrN3O/c1-4-14-16(17)15(19(3)18-14)11-20-9-7-5-6-8-13(20)10-12(2)21/h13H,4-11H2,1-3H3. The molecule has 0 amide bonds. The van der Waals surface area contributed by atoms with Gasteiger partial charge >= 0.3 is 0 Å². The highest BCUT2D eigenvalue weighted by atomic mass is 79.9. The van der Waals surface area contributed by atoms with Crippen LogP contribution in [0.5, 0.6) is 0 Å². The number of aryl methyl sites for hydroxylation is 2. The van der Waals surface area contributed by atoms with E-state index < -0.39 is 0 Å². The van der Waals surface area contributed by atoms with Gasteiger partial charge < -0.3 is 0 Å². The molecule has 1 aliphatic heterocycles. The summed E-state index contributed by atoms with van der Waals surface area (Å²) in [6.07, 6.45) is 6.49. The van der Waals surface area contributed by atoms with Crippen LogP contribution in [0.15, 0.2) is 4.47 Å². The molecule has 1 aliphatic rings. The van der Waals surface area contributed by atoms with Crippen LogP contribution in [0.1, 0.15) is 57.3 Å². The van der Waals surface area contributed by atoms with Crippen molar-refractivity contribution >= 4 is 21.7 Å². The highest BCUT2D eigenvalue weighted by Gasteiger charge is 2.24. The lowest BCUT2D eigenvalue weighted by Crippen LogP contribution is -2.36. The van der Waals surface area contributed by atoms with Crippen molar-refractivity contribution in [1.82, 2.24) is 14.7 Å². The highest BCUT2D eigenvalue weighted by molar-refractivity contribution is 9.10. The molecule has 2 heterocycles. The van der Waals surface area contributed by atoms with Crippen molar-refractivity contribution in [3.63, 3.8) is 0 Å².